The first-order valence-electron chi connectivity index (χ1n) is 21.1. The second kappa shape index (κ2) is 39.2. The van der Waals surface area contributed by atoms with E-state index in [2.05, 4.69) is 55.8 Å². The quantitative estimate of drug-likeness (QED) is 0.0606. The molecule has 0 aliphatic carbocycles. The Morgan fingerprint density at radius 2 is 1.04 bits per heavy atom. The van der Waals surface area contributed by atoms with Crippen LogP contribution in [0, 0.1) is 0 Å². The topological polar surface area (TPSA) is 395 Å². The molecule has 9 N–H and O–H groups in total. The number of carboxylic acid groups (broad SMARTS) is 1. The van der Waals surface area contributed by atoms with Gasteiger partial charge >= 0.3 is 18.2 Å². The van der Waals surface area contributed by atoms with E-state index in [-0.39, 0.29) is 94.2 Å². The number of carbonyl (C=O) groups is 7. The number of ketones is 3. The van der Waals surface area contributed by atoms with Crippen LogP contribution in [0.3, 0.4) is 0 Å². The fourth-order valence-corrected chi connectivity index (χ4v) is 4.82. The van der Waals surface area contributed by atoms with Crippen LogP contribution >= 0.6 is 82.0 Å². The van der Waals surface area contributed by atoms with Gasteiger partial charge in [-0.2, -0.15) is 4.98 Å². The number of alkyl carbamates (subject to hydrolysis) is 2. The summed E-state index contributed by atoms with van der Waals surface area (Å²) in [6, 6.07) is 0. The van der Waals surface area contributed by atoms with Crippen molar-refractivity contribution in [2.45, 2.75) is 72.0 Å². The van der Waals surface area contributed by atoms with Gasteiger partial charge in [-0.25, -0.2) is 44.5 Å². The lowest BCUT2D eigenvalue weighted by Gasteiger charge is -2.19. The van der Waals surface area contributed by atoms with E-state index in [9.17, 15) is 33.6 Å². The monoisotopic (exact) mass is 1230 g/mol. The fraction of sp³-hybridized carbons (Fsp3) is 0.465. The second-order valence-electron chi connectivity index (χ2n) is 15.8. The number of hydrogen-bond acceptors (Lipinski definition) is 24. The van der Waals surface area contributed by atoms with Gasteiger partial charge in [-0.05, 0) is 53.1 Å². The van der Waals surface area contributed by atoms with E-state index < -0.39 is 41.1 Å². The lowest BCUT2D eigenvalue weighted by atomic mass is 10.1. The molecule has 5 rings (SSSR count). The summed E-state index contributed by atoms with van der Waals surface area (Å²) < 4.78 is 29.2. The Balaban J connectivity index is -0.000000881. The van der Waals surface area contributed by atoms with Gasteiger partial charge in [0.05, 0.1) is 114 Å². The second-order valence-corrected chi connectivity index (χ2v) is 17.9. The Kier molecular flexibility index (Phi) is 38.2. The minimum atomic E-state index is -1.10. The van der Waals surface area contributed by atoms with Crippen LogP contribution in [-0.4, -0.2) is 157 Å². The molecule has 5 heterocycles. The molecule has 0 spiro atoms. The predicted octanol–water partition coefficient (Wildman–Crippen LogP) is 6.18. The Morgan fingerprint density at radius 3 is 1.43 bits per heavy atom. The number of nitrogens with zero attached hydrogens (tertiary/aromatic N) is 8. The molecule has 0 saturated carbocycles. The zero-order chi connectivity index (χ0) is 57.5. The van der Waals surface area contributed by atoms with Gasteiger partial charge in [0.1, 0.15) is 23.6 Å². The van der Waals surface area contributed by atoms with Crippen molar-refractivity contribution in [1.29, 1.82) is 0 Å². The number of nitrogens with two attached hydrogens (primary N) is 1. The van der Waals surface area contributed by atoms with E-state index in [1.54, 1.807) is 41.5 Å². The molecule has 34 heteroatoms. The average Bonchev–Trinajstić information content (AvgIpc) is 3.34. The van der Waals surface area contributed by atoms with Crippen LogP contribution in [0.1, 0.15) is 58.6 Å². The van der Waals surface area contributed by atoms with Crippen LogP contribution in [0.4, 0.5) is 21.2 Å². The number of carboxylic acids is 1. The molecule has 4 aromatic rings. The zero-order valence-electron chi connectivity index (χ0n) is 43.3. The number of amides is 2. The van der Waals surface area contributed by atoms with Crippen LogP contribution in [-0.2, 0) is 52.7 Å². The number of nitrogen functional groups attached to an aromatic ring is 1. The average molecular weight is 1230 g/mol. The minimum Gasteiger partial charge on any atom is -0.480 e. The van der Waals surface area contributed by atoms with E-state index in [4.69, 9.17) is 109 Å². The van der Waals surface area contributed by atoms with Crippen molar-refractivity contribution in [3.8, 4) is 23.5 Å². The zero-order valence-corrected chi connectivity index (χ0v) is 48.6. The first-order chi connectivity index (χ1) is 35.0. The number of aliphatic carboxylic acids is 1. The number of carbonyl (C=O) groups excluding carboxylic acids is 6. The molecule has 430 valence electrons. The Bertz CT molecular complexity index is 2530. The van der Waals surface area contributed by atoms with Crippen molar-refractivity contribution in [2.75, 3.05) is 70.9 Å². The number of methoxy groups -OCH3 is 4. The molecule has 0 unspecified atom stereocenters. The Morgan fingerprint density at radius 1 is 0.649 bits per heavy atom. The van der Waals surface area contributed by atoms with Crippen molar-refractivity contribution < 1.29 is 67.1 Å². The van der Waals surface area contributed by atoms with Crippen molar-refractivity contribution in [2.24, 2.45) is 0 Å². The van der Waals surface area contributed by atoms with Crippen molar-refractivity contribution in [3.63, 3.8) is 0 Å². The normalized spacial score (nSPS) is 10.6. The highest BCUT2D eigenvalue weighted by molar-refractivity contribution is 6.67. The molecule has 0 saturated heterocycles. The summed E-state index contributed by atoms with van der Waals surface area (Å²) in [5.41, 5.74) is 5.45. The van der Waals surface area contributed by atoms with Gasteiger partial charge in [-0.1, -0.05) is 34.8 Å². The summed E-state index contributed by atoms with van der Waals surface area (Å²) in [4.78, 5) is 107. The number of anilines is 2. The van der Waals surface area contributed by atoms with Gasteiger partial charge in [0, 0.05) is 0 Å². The molecule has 0 bridgehead atoms. The third kappa shape index (κ3) is 35.7. The van der Waals surface area contributed by atoms with Crippen LogP contribution in [0.25, 0.3) is 0 Å². The molecule has 0 aromatic carbocycles. The Hall–Kier alpha value is -6.20. The molecule has 27 nitrogen and oxygen atoms in total. The van der Waals surface area contributed by atoms with Crippen LogP contribution in [0.5, 0.6) is 23.5 Å². The molecular weight excluding hydrogens is 1170 g/mol. The lowest BCUT2D eigenvalue weighted by Crippen LogP contribution is -2.36. The van der Waals surface area contributed by atoms with Gasteiger partial charge in [-0.3, -0.25) is 24.0 Å². The Labute approximate surface area is 479 Å². The van der Waals surface area contributed by atoms with Crippen LogP contribution < -0.4 is 46.8 Å². The number of aromatic nitrogens is 8. The van der Waals surface area contributed by atoms with Gasteiger partial charge in [-0.15, -0.1) is 35.6 Å². The summed E-state index contributed by atoms with van der Waals surface area (Å²) in [7, 11) is 5.91. The number of hydrogen-bond donors (Lipinski definition) is 6. The molecule has 77 heavy (non-hydrogen) atoms. The molecule has 4 aromatic heterocycles. The minimum absolute atomic E-state index is 0. The summed E-state index contributed by atoms with van der Waals surface area (Å²) >= 11 is 32.0. The summed E-state index contributed by atoms with van der Waals surface area (Å²) in [6.45, 7) is 10.1. The van der Waals surface area contributed by atoms with Gasteiger partial charge < -0.3 is 61.4 Å². The van der Waals surface area contributed by atoms with Gasteiger partial charge in [0.2, 0.25) is 28.8 Å². The summed E-state index contributed by atoms with van der Waals surface area (Å²) in [6.07, 6.45) is 4.66. The summed E-state index contributed by atoms with van der Waals surface area (Å²) in [5, 5.41) is 15.5. The maximum atomic E-state index is 11.8. The molecular formula is C43H60Cl7N13O14. The standard InChI is InChI=1S/C13H18ClN3O4.C8H8Cl2N2O2.C8H9N3O2.C7H13NO4.C5H6ClN3O.C2H2Cl2O.ClH.H3N/c1-13(2,3)21-12(19)16-6-8(18)5-9-11(14)15-7-10(17-9)20-4;1-14-7-4-11-8(10)6(12-7)2-5(13)3-9;1-13-7-4-10-8-6(11-7)2-5(12)3-9-8;1-7(2,3)12-6(11)8-4-5(9)10;1-10-3-2-8-4(6)5(7)9-3;3-1-2(4)5;;/h7H,5-6H2,1-4H3,(H,16,19);4H,2-3H2,1H3;4H,2-3H2,1H3,(H,9,10);4H2,1-3H3,(H,8,11)(H,9,10);2H,1H3,(H2,7,9);1H2;1H;1H3. The van der Waals surface area contributed by atoms with Crippen molar-refractivity contribution in [1.82, 2.24) is 56.7 Å². The van der Waals surface area contributed by atoms with Crippen molar-refractivity contribution >= 4 is 134 Å². The molecule has 0 fully saturated rings. The summed E-state index contributed by atoms with van der Waals surface area (Å²) in [5.74, 6) is 0.696. The highest BCUT2D eigenvalue weighted by atomic mass is 35.5. The number of ether oxygens (including phenoxy) is 6. The first kappa shape index (κ1) is 75.0. The highest BCUT2D eigenvalue weighted by Crippen LogP contribution is 2.19. The number of Topliss-reactive ketones (excluding diaryl/α,β-unsaturated/α-hetero) is 3. The lowest BCUT2D eigenvalue weighted by molar-refractivity contribution is -0.136. The SMILES string of the molecule is CC(C)(C)OC(=O)NCC(=O)O.COc1cnc(Cl)c(CC(=O)CCl)n1.COc1cnc(Cl)c(CC(=O)CNC(=O)OC(C)(C)C)n1.COc1cnc(Cl)c(N)n1.COc1cnc2c(n1)CC(=O)CN2.Cl.N.O=C(Cl)CCl. The maximum absolute atomic E-state index is 11.8. The number of nitrogens with one attached hydrogen (secondary N) is 3. The van der Waals surface area contributed by atoms with E-state index >= 15 is 0 Å². The molecule has 1 aliphatic rings. The molecule has 0 radical (unpaired) electrons. The molecule has 2 amide bonds. The fourth-order valence-electron chi connectivity index (χ4n) is 4.32. The van der Waals surface area contributed by atoms with Crippen LogP contribution in [0.2, 0.25) is 15.5 Å². The largest absolute Gasteiger partial charge is 0.480 e. The van der Waals surface area contributed by atoms with E-state index in [1.165, 1.54) is 53.2 Å². The first-order valence-corrected chi connectivity index (χ1v) is 23.6. The van der Waals surface area contributed by atoms with Gasteiger partial charge in [0.25, 0.3) is 0 Å². The van der Waals surface area contributed by atoms with Crippen LogP contribution in [0.15, 0.2) is 24.8 Å². The molecule has 0 atom stereocenters. The number of rotatable bonds is 14. The smallest absolute Gasteiger partial charge is 0.408 e. The van der Waals surface area contributed by atoms with Crippen molar-refractivity contribution in [3.05, 3.63) is 57.3 Å². The third-order valence-corrected chi connectivity index (χ3v) is 9.08. The van der Waals surface area contributed by atoms with E-state index in [0.29, 0.717) is 53.5 Å². The third-order valence-electron chi connectivity index (χ3n) is 7.35. The maximum Gasteiger partial charge on any atom is 0.408 e. The number of alkyl halides is 2. The predicted molar refractivity (Wildman–Crippen MR) is 289 cm³/mol. The van der Waals surface area contributed by atoms with E-state index in [0.717, 1.165) is 0 Å². The molecule has 1 aliphatic heterocycles. The number of halogens is 7. The highest BCUT2D eigenvalue weighted by Gasteiger charge is 2.20. The van der Waals surface area contributed by atoms with Gasteiger partial charge in [0.15, 0.2) is 38.6 Å². The number of fused-ring (bicyclic) bond motifs is 1. The van der Waals surface area contributed by atoms with E-state index in [1.807, 2.05) is 0 Å².